The summed E-state index contributed by atoms with van der Waals surface area (Å²) >= 11 is 0. The van der Waals surface area contributed by atoms with Crippen LogP contribution in [-0.2, 0) is 19.5 Å². The van der Waals surface area contributed by atoms with Gasteiger partial charge in [0.2, 0.25) is 0 Å². The maximum Gasteiger partial charge on any atom is 0.346 e. The molecule has 0 saturated carbocycles. The van der Waals surface area contributed by atoms with Crippen LogP contribution in [0.4, 0.5) is 0 Å². The second kappa shape index (κ2) is 4.97. The third-order valence-electron chi connectivity index (χ3n) is 3.38. The van der Waals surface area contributed by atoms with E-state index in [1.165, 1.54) is 10.9 Å². The fourth-order valence-corrected chi connectivity index (χ4v) is 2.37. The summed E-state index contributed by atoms with van der Waals surface area (Å²) in [6, 6.07) is 1.55. The number of amides is 1. The van der Waals surface area contributed by atoms with Gasteiger partial charge in [-0.05, 0) is 18.9 Å². The van der Waals surface area contributed by atoms with Crippen molar-refractivity contribution in [3.05, 3.63) is 40.0 Å². The smallest absolute Gasteiger partial charge is 0.346 e. The van der Waals surface area contributed by atoms with Gasteiger partial charge < -0.3 is 4.42 Å². The molecule has 8 nitrogen and oxygen atoms in total. The largest absolute Gasteiger partial charge is 0.467 e. The van der Waals surface area contributed by atoms with Crippen molar-refractivity contribution in [1.82, 2.24) is 19.8 Å². The van der Waals surface area contributed by atoms with Crippen molar-refractivity contribution in [2.45, 2.75) is 32.4 Å². The summed E-state index contributed by atoms with van der Waals surface area (Å²) in [5, 5.41) is 4.30. The molecule has 0 atom stereocenters. The van der Waals surface area contributed by atoms with Gasteiger partial charge in [-0.1, -0.05) is 0 Å². The van der Waals surface area contributed by atoms with Crippen molar-refractivity contribution < 1.29 is 9.21 Å². The molecule has 2 aromatic rings. The number of furan rings is 1. The van der Waals surface area contributed by atoms with Crippen molar-refractivity contribution in [2.75, 3.05) is 0 Å². The second-order valence-electron chi connectivity index (χ2n) is 4.74. The summed E-state index contributed by atoms with van der Waals surface area (Å²) in [4.78, 5) is 23.5. The molecule has 1 amide bonds. The molecule has 8 heteroatoms. The molecule has 0 fully saturated rings. The Morgan fingerprint density at radius 1 is 1.50 bits per heavy atom. The number of fused-ring (bicyclic) bond motifs is 1. The molecule has 20 heavy (non-hydrogen) atoms. The number of aryl methyl sites for hydroxylation is 1. The number of nitrogens with zero attached hydrogens (tertiary/aromatic N) is 3. The molecule has 0 bridgehead atoms. The van der Waals surface area contributed by atoms with Crippen LogP contribution >= 0.6 is 0 Å². The predicted octanol–water partition coefficient (Wildman–Crippen LogP) is -0.374. The highest BCUT2D eigenvalue weighted by Gasteiger charge is 2.18. The average molecular weight is 277 g/mol. The van der Waals surface area contributed by atoms with E-state index >= 15 is 0 Å². The summed E-state index contributed by atoms with van der Waals surface area (Å²) in [5.41, 5.74) is 2.20. The SMILES string of the molecule is NNC(=O)c1coc(Cn2nc3n(c2=O)CCCC3)c1. The Morgan fingerprint density at radius 3 is 3.10 bits per heavy atom. The minimum absolute atomic E-state index is 0.138. The van der Waals surface area contributed by atoms with Gasteiger partial charge in [0.25, 0.3) is 5.91 Å². The molecule has 0 saturated heterocycles. The third-order valence-corrected chi connectivity index (χ3v) is 3.38. The Kier molecular flexibility index (Phi) is 3.15. The molecule has 3 N–H and O–H groups in total. The van der Waals surface area contributed by atoms with Crippen molar-refractivity contribution in [3.8, 4) is 0 Å². The summed E-state index contributed by atoms with van der Waals surface area (Å²) in [6.07, 6.45) is 4.18. The van der Waals surface area contributed by atoms with Gasteiger partial charge in [-0.2, -0.15) is 5.10 Å². The van der Waals surface area contributed by atoms with Crippen LogP contribution in [0.5, 0.6) is 0 Å². The topological polar surface area (TPSA) is 108 Å². The van der Waals surface area contributed by atoms with E-state index in [1.54, 1.807) is 10.6 Å². The van der Waals surface area contributed by atoms with Crippen molar-refractivity contribution >= 4 is 5.91 Å². The molecular weight excluding hydrogens is 262 g/mol. The molecule has 2 aromatic heterocycles. The highest BCUT2D eigenvalue weighted by molar-refractivity contribution is 5.93. The van der Waals surface area contributed by atoms with Crippen LogP contribution in [0.25, 0.3) is 0 Å². The van der Waals surface area contributed by atoms with Gasteiger partial charge in [-0.3, -0.25) is 14.8 Å². The van der Waals surface area contributed by atoms with Gasteiger partial charge in [0.15, 0.2) is 0 Å². The summed E-state index contributed by atoms with van der Waals surface area (Å²) < 4.78 is 8.31. The molecule has 106 valence electrons. The first-order valence-corrected chi connectivity index (χ1v) is 6.44. The van der Waals surface area contributed by atoms with Crippen molar-refractivity contribution in [2.24, 2.45) is 5.84 Å². The first-order valence-electron chi connectivity index (χ1n) is 6.44. The molecule has 3 rings (SSSR count). The van der Waals surface area contributed by atoms with Crippen LogP contribution in [0.15, 0.2) is 21.5 Å². The number of hydrogen-bond donors (Lipinski definition) is 2. The van der Waals surface area contributed by atoms with E-state index in [1.807, 2.05) is 5.43 Å². The normalized spacial score (nSPS) is 14.1. The van der Waals surface area contributed by atoms with Gasteiger partial charge in [-0.25, -0.2) is 15.3 Å². The van der Waals surface area contributed by atoms with Gasteiger partial charge >= 0.3 is 5.69 Å². The second-order valence-corrected chi connectivity index (χ2v) is 4.74. The van der Waals surface area contributed by atoms with Crippen LogP contribution in [0.1, 0.15) is 34.8 Å². The summed E-state index contributed by atoms with van der Waals surface area (Å²) in [7, 11) is 0. The number of carbonyl (C=O) groups excluding carboxylic acids is 1. The quantitative estimate of drug-likeness (QED) is 0.452. The van der Waals surface area contributed by atoms with Gasteiger partial charge in [0.1, 0.15) is 24.4 Å². The van der Waals surface area contributed by atoms with E-state index < -0.39 is 5.91 Å². The minimum Gasteiger partial charge on any atom is -0.467 e. The average Bonchev–Trinajstić information content (AvgIpc) is 3.05. The van der Waals surface area contributed by atoms with Gasteiger partial charge in [-0.15, -0.1) is 0 Å². The highest BCUT2D eigenvalue weighted by atomic mass is 16.3. The molecule has 0 radical (unpaired) electrons. The Morgan fingerprint density at radius 2 is 2.35 bits per heavy atom. The zero-order valence-corrected chi connectivity index (χ0v) is 10.8. The van der Waals surface area contributed by atoms with Crippen molar-refractivity contribution in [3.63, 3.8) is 0 Å². The van der Waals surface area contributed by atoms with Crippen LogP contribution in [0.2, 0.25) is 0 Å². The number of aromatic nitrogens is 3. The maximum atomic E-state index is 12.1. The number of nitrogen functional groups attached to an aromatic ring is 1. The maximum absolute atomic E-state index is 12.1. The minimum atomic E-state index is -0.434. The fraction of sp³-hybridized carbons (Fsp3) is 0.417. The first-order chi connectivity index (χ1) is 9.69. The van der Waals surface area contributed by atoms with Gasteiger partial charge in [0.05, 0.1) is 5.56 Å². The molecule has 0 aliphatic carbocycles. The third kappa shape index (κ3) is 2.14. The van der Waals surface area contributed by atoms with E-state index in [0.29, 0.717) is 17.9 Å². The molecule has 0 unspecified atom stereocenters. The van der Waals surface area contributed by atoms with Crippen LogP contribution in [0, 0.1) is 0 Å². The lowest BCUT2D eigenvalue weighted by Gasteiger charge is -2.09. The first kappa shape index (κ1) is 12.7. The lowest BCUT2D eigenvalue weighted by Crippen LogP contribution is -2.29. The number of hydrazine groups is 1. The number of hydrogen-bond acceptors (Lipinski definition) is 5. The van der Waals surface area contributed by atoms with E-state index in [2.05, 4.69) is 5.10 Å². The molecule has 1 aliphatic heterocycles. The lowest BCUT2D eigenvalue weighted by molar-refractivity contribution is 0.0953. The summed E-state index contributed by atoms with van der Waals surface area (Å²) in [5.74, 6) is 5.91. The van der Waals surface area contributed by atoms with Crippen LogP contribution in [-0.4, -0.2) is 20.3 Å². The van der Waals surface area contributed by atoms with Crippen LogP contribution in [0.3, 0.4) is 0 Å². The van der Waals surface area contributed by atoms with Crippen molar-refractivity contribution in [1.29, 1.82) is 0 Å². The zero-order valence-electron chi connectivity index (χ0n) is 10.8. The van der Waals surface area contributed by atoms with E-state index in [0.717, 1.165) is 25.1 Å². The van der Waals surface area contributed by atoms with Gasteiger partial charge in [0, 0.05) is 13.0 Å². The Bertz CT molecular complexity index is 696. The zero-order chi connectivity index (χ0) is 14.1. The van der Waals surface area contributed by atoms with Crippen LogP contribution < -0.4 is 17.0 Å². The Balaban J connectivity index is 1.85. The molecule has 0 aromatic carbocycles. The standard InChI is InChI=1S/C12H15N5O3/c13-14-11(18)8-5-9(20-7-8)6-17-12(19)16-4-2-1-3-10(16)15-17/h5,7H,1-4,6,13H2,(H,14,18). The Hall–Kier alpha value is -2.35. The molecule has 1 aliphatic rings. The van der Waals surface area contributed by atoms with E-state index in [4.69, 9.17) is 10.3 Å². The monoisotopic (exact) mass is 277 g/mol. The summed E-state index contributed by atoms with van der Waals surface area (Å²) in [6.45, 7) is 0.920. The predicted molar refractivity (Wildman–Crippen MR) is 68.9 cm³/mol. The fourth-order valence-electron chi connectivity index (χ4n) is 2.37. The molecule has 3 heterocycles. The number of nitrogens with two attached hydrogens (primary N) is 1. The lowest BCUT2D eigenvalue weighted by atomic mass is 10.2. The highest BCUT2D eigenvalue weighted by Crippen LogP contribution is 2.11. The molecular formula is C12H15N5O3. The van der Waals surface area contributed by atoms with E-state index in [-0.39, 0.29) is 12.2 Å². The van der Waals surface area contributed by atoms with E-state index in [9.17, 15) is 9.59 Å². The molecule has 0 spiro atoms. The number of nitrogens with one attached hydrogen (secondary N) is 1. The number of carbonyl (C=O) groups is 1. The number of rotatable bonds is 3. The Labute approximate surface area is 114 Å².